The predicted octanol–water partition coefficient (Wildman–Crippen LogP) is 2.34. The van der Waals surface area contributed by atoms with Gasteiger partial charge in [-0.15, -0.1) is 0 Å². The SMILES string of the molecule is Cc1cc(-c2nc[nH]c2C=O)ccc1F. The van der Waals surface area contributed by atoms with E-state index in [1.807, 2.05) is 0 Å². The number of halogens is 1. The molecule has 0 amide bonds. The van der Waals surface area contributed by atoms with E-state index in [1.54, 1.807) is 19.1 Å². The van der Waals surface area contributed by atoms with E-state index in [-0.39, 0.29) is 5.82 Å². The molecule has 0 aliphatic rings. The number of carbonyl (C=O) groups is 1. The molecule has 0 aliphatic carbocycles. The molecule has 1 heterocycles. The van der Waals surface area contributed by atoms with Gasteiger partial charge in [0.1, 0.15) is 11.5 Å². The third-order valence-electron chi connectivity index (χ3n) is 2.22. The lowest BCUT2D eigenvalue weighted by atomic mass is 10.1. The Morgan fingerprint density at radius 1 is 1.47 bits per heavy atom. The van der Waals surface area contributed by atoms with Crippen molar-refractivity contribution in [3.8, 4) is 11.3 Å². The standard InChI is InChI=1S/C11H9FN2O/c1-7-4-8(2-3-9(7)12)11-10(5-15)13-6-14-11/h2-6H,1H3,(H,13,14). The van der Waals surface area contributed by atoms with Gasteiger partial charge < -0.3 is 4.98 Å². The zero-order valence-corrected chi connectivity index (χ0v) is 8.12. The Morgan fingerprint density at radius 2 is 2.27 bits per heavy atom. The molecule has 0 fully saturated rings. The lowest BCUT2D eigenvalue weighted by molar-refractivity contribution is 0.112. The van der Waals surface area contributed by atoms with E-state index in [1.165, 1.54) is 12.4 Å². The Hall–Kier alpha value is -1.97. The van der Waals surface area contributed by atoms with E-state index < -0.39 is 0 Å². The Morgan fingerprint density at radius 3 is 2.93 bits per heavy atom. The number of nitrogens with zero attached hydrogens (tertiary/aromatic N) is 1. The normalized spacial score (nSPS) is 10.3. The van der Waals surface area contributed by atoms with Crippen molar-refractivity contribution in [2.45, 2.75) is 6.92 Å². The minimum Gasteiger partial charge on any atom is -0.342 e. The molecular weight excluding hydrogens is 195 g/mol. The first-order valence-electron chi connectivity index (χ1n) is 4.47. The first-order valence-corrected chi connectivity index (χ1v) is 4.47. The van der Waals surface area contributed by atoms with Crippen LogP contribution in [0.5, 0.6) is 0 Å². The summed E-state index contributed by atoms with van der Waals surface area (Å²) in [6.45, 7) is 1.67. The number of imidazole rings is 1. The van der Waals surface area contributed by atoms with Crippen LogP contribution in [0.4, 0.5) is 4.39 Å². The summed E-state index contributed by atoms with van der Waals surface area (Å²) in [5.74, 6) is -0.262. The number of carbonyl (C=O) groups excluding carboxylic acids is 1. The molecule has 4 heteroatoms. The van der Waals surface area contributed by atoms with Crippen molar-refractivity contribution >= 4 is 6.29 Å². The summed E-state index contributed by atoms with van der Waals surface area (Å²) in [5, 5.41) is 0. The fourth-order valence-electron chi connectivity index (χ4n) is 1.42. The predicted molar refractivity (Wildman–Crippen MR) is 54.1 cm³/mol. The molecule has 76 valence electrons. The lowest BCUT2D eigenvalue weighted by Gasteiger charge is -2.00. The number of aryl methyl sites for hydroxylation is 1. The third kappa shape index (κ3) is 1.66. The van der Waals surface area contributed by atoms with Crippen LogP contribution in [0, 0.1) is 12.7 Å². The van der Waals surface area contributed by atoms with Gasteiger partial charge in [0.05, 0.1) is 12.0 Å². The van der Waals surface area contributed by atoms with Crippen molar-refractivity contribution in [1.82, 2.24) is 9.97 Å². The van der Waals surface area contributed by atoms with E-state index in [4.69, 9.17) is 0 Å². The molecule has 2 aromatic rings. The maximum absolute atomic E-state index is 13.0. The van der Waals surface area contributed by atoms with Gasteiger partial charge in [-0.25, -0.2) is 9.37 Å². The average molecular weight is 204 g/mol. The highest BCUT2D eigenvalue weighted by molar-refractivity contribution is 5.83. The zero-order valence-electron chi connectivity index (χ0n) is 8.12. The quantitative estimate of drug-likeness (QED) is 0.763. The number of nitrogens with one attached hydrogen (secondary N) is 1. The maximum atomic E-state index is 13.0. The van der Waals surface area contributed by atoms with E-state index in [0.29, 0.717) is 23.2 Å². The van der Waals surface area contributed by atoms with Gasteiger partial charge in [-0.2, -0.15) is 0 Å². The Balaban J connectivity index is 2.54. The van der Waals surface area contributed by atoms with E-state index >= 15 is 0 Å². The highest BCUT2D eigenvalue weighted by Gasteiger charge is 2.08. The van der Waals surface area contributed by atoms with Crippen LogP contribution >= 0.6 is 0 Å². The second-order valence-corrected chi connectivity index (χ2v) is 3.25. The number of hydrogen-bond donors (Lipinski definition) is 1. The summed E-state index contributed by atoms with van der Waals surface area (Å²) < 4.78 is 13.0. The summed E-state index contributed by atoms with van der Waals surface area (Å²) in [6, 6.07) is 4.64. The summed E-state index contributed by atoms with van der Waals surface area (Å²) in [4.78, 5) is 17.4. The Labute approximate surface area is 86.0 Å². The van der Waals surface area contributed by atoms with Gasteiger partial charge in [0.2, 0.25) is 0 Å². The van der Waals surface area contributed by atoms with Gasteiger partial charge in [0.25, 0.3) is 0 Å². The monoisotopic (exact) mass is 204 g/mol. The van der Waals surface area contributed by atoms with E-state index in [0.717, 1.165) is 5.56 Å². The summed E-state index contributed by atoms with van der Waals surface area (Å²) in [5.41, 5.74) is 2.22. The van der Waals surface area contributed by atoms with Crippen LogP contribution in [-0.4, -0.2) is 16.3 Å². The molecule has 1 aromatic carbocycles. The first kappa shape index (κ1) is 9.58. The molecule has 15 heavy (non-hydrogen) atoms. The minimum absolute atomic E-state index is 0.262. The molecule has 1 N–H and O–H groups in total. The number of rotatable bonds is 2. The molecule has 0 unspecified atom stereocenters. The van der Waals surface area contributed by atoms with Gasteiger partial charge in [-0.1, -0.05) is 0 Å². The van der Waals surface area contributed by atoms with Crippen LogP contribution in [0.3, 0.4) is 0 Å². The maximum Gasteiger partial charge on any atom is 0.168 e. The van der Waals surface area contributed by atoms with Crippen LogP contribution < -0.4 is 0 Å². The van der Waals surface area contributed by atoms with Crippen LogP contribution in [0.1, 0.15) is 16.1 Å². The largest absolute Gasteiger partial charge is 0.342 e. The van der Waals surface area contributed by atoms with Gasteiger partial charge in [0.15, 0.2) is 6.29 Å². The second kappa shape index (κ2) is 3.65. The summed E-state index contributed by atoms with van der Waals surface area (Å²) >= 11 is 0. The number of hydrogen-bond acceptors (Lipinski definition) is 2. The van der Waals surface area contributed by atoms with Crippen molar-refractivity contribution in [1.29, 1.82) is 0 Å². The summed E-state index contributed by atoms with van der Waals surface area (Å²) in [6.07, 6.45) is 2.14. The van der Waals surface area contributed by atoms with Gasteiger partial charge >= 0.3 is 0 Å². The average Bonchev–Trinajstić information content (AvgIpc) is 2.70. The van der Waals surface area contributed by atoms with Gasteiger partial charge in [-0.3, -0.25) is 4.79 Å². The number of H-pyrrole nitrogens is 1. The van der Waals surface area contributed by atoms with Crippen molar-refractivity contribution in [2.24, 2.45) is 0 Å². The fraction of sp³-hybridized carbons (Fsp3) is 0.0909. The van der Waals surface area contributed by atoms with Crippen molar-refractivity contribution in [3.05, 3.63) is 41.6 Å². The zero-order chi connectivity index (χ0) is 10.8. The smallest absolute Gasteiger partial charge is 0.168 e. The minimum atomic E-state index is -0.262. The molecule has 0 radical (unpaired) electrons. The lowest BCUT2D eigenvalue weighted by Crippen LogP contribution is -1.88. The van der Waals surface area contributed by atoms with Gasteiger partial charge in [-0.05, 0) is 30.7 Å². The number of aromatic amines is 1. The van der Waals surface area contributed by atoms with Crippen LogP contribution in [0.25, 0.3) is 11.3 Å². The number of benzene rings is 1. The highest BCUT2D eigenvalue weighted by Crippen LogP contribution is 2.21. The first-order chi connectivity index (χ1) is 7.22. The highest BCUT2D eigenvalue weighted by atomic mass is 19.1. The Bertz CT molecular complexity index is 505. The molecule has 0 saturated carbocycles. The van der Waals surface area contributed by atoms with Crippen LogP contribution in [-0.2, 0) is 0 Å². The molecular formula is C11H9FN2O. The number of aldehydes is 1. The second-order valence-electron chi connectivity index (χ2n) is 3.25. The molecule has 2 rings (SSSR count). The van der Waals surface area contributed by atoms with Crippen LogP contribution in [0.2, 0.25) is 0 Å². The Kier molecular flexibility index (Phi) is 2.33. The molecule has 0 atom stereocenters. The fourth-order valence-corrected chi connectivity index (χ4v) is 1.42. The molecule has 0 saturated heterocycles. The van der Waals surface area contributed by atoms with Crippen molar-refractivity contribution < 1.29 is 9.18 Å². The van der Waals surface area contributed by atoms with Crippen LogP contribution in [0.15, 0.2) is 24.5 Å². The summed E-state index contributed by atoms with van der Waals surface area (Å²) in [7, 11) is 0. The van der Waals surface area contributed by atoms with E-state index in [2.05, 4.69) is 9.97 Å². The van der Waals surface area contributed by atoms with Crippen molar-refractivity contribution in [3.63, 3.8) is 0 Å². The molecule has 3 nitrogen and oxygen atoms in total. The third-order valence-corrected chi connectivity index (χ3v) is 2.22. The van der Waals surface area contributed by atoms with E-state index in [9.17, 15) is 9.18 Å². The molecule has 0 aliphatic heterocycles. The number of aromatic nitrogens is 2. The molecule has 0 spiro atoms. The molecule has 1 aromatic heterocycles. The van der Waals surface area contributed by atoms with Gasteiger partial charge in [0, 0.05) is 5.56 Å². The molecule has 0 bridgehead atoms. The van der Waals surface area contributed by atoms with Crippen molar-refractivity contribution in [2.75, 3.05) is 0 Å². The topological polar surface area (TPSA) is 45.8 Å².